The maximum atomic E-state index is 13.1. The van der Waals surface area contributed by atoms with E-state index in [2.05, 4.69) is 58.9 Å². The molecule has 2 unspecified atom stereocenters. The summed E-state index contributed by atoms with van der Waals surface area (Å²) in [6.45, 7) is 15.1. The molecule has 0 spiro atoms. The standard InChI is InChI=1S/C33H38O4S/c1-22(2)36-27-12-16-30(17-13-27)38(34,35)31-18-14-29(15-19-31)37-28-10-8-26(9-11-28)33(6,7)32-21-24(4)23(3)20-25(32)5/h8-22,24-25H,1-7H3. The summed E-state index contributed by atoms with van der Waals surface area (Å²) in [7, 11) is -3.64. The highest BCUT2D eigenvalue weighted by molar-refractivity contribution is 7.91. The van der Waals surface area contributed by atoms with Crippen molar-refractivity contribution in [1.29, 1.82) is 0 Å². The third-order valence-corrected chi connectivity index (χ3v) is 9.11. The summed E-state index contributed by atoms with van der Waals surface area (Å²) in [6.07, 6.45) is 4.81. The molecule has 0 aliphatic heterocycles. The van der Waals surface area contributed by atoms with Crippen molar-refractivity contribution in [2.24, 2.45) is 11.8 Å². The SMILES string of the molecule is CC1=CC(C)C(C(C)(C)c2ccc(Oc3ccc(S(=O)(=O)c4ccc(OC(C)C)cc4)cc3)cc2)=CC1C. The fourth-order valence-corrected chi connectivity index (χ4v) is 6.26. The lowest BCUT2D eigenvalue weighted by Crippen LogP contribution is -2.26. The summed E-state index contributed by atoms with van der Waals surface area (Å²) in [5, 5.41) is 0. The van der Waals surface area contributed by atoms with Crippen LogP contribution in [0.5, 0.6) is 17.2 Å². The van der Waals surface area contributed by atoms with Crippen molar-refractivity contribution in [2.75, 3.05) is 0 Å². The molecule has 0 N–H and O–H groups in total. The Morgan fingerprint density at radius 1 is 0.711 bits per heavy atom. The normalized spacial score (nSPS) is 18.1. The molecule has 0 bridgehead atoms. The second-order valence-corrected chi connectivity index (χ2v) is 12.9. The van der Waals surface area contributed by atoms with Crippen LogP contribution in [0.2, 0.25) is 0 Å². The highest BCUT2D eigenvalue weighted by atomic mass is 32.2. The Kier molecular flexibility index (Phi) is 7.89. The van der Waals surface area contributed by atoms with Gasteiger partial charge in [-0.05, 0) is 98.8 Å². The molecule has 4 rings (SSSR count). The van der Waals surface area contributed by atoms with E-state index in [0.717, 1.165) is 0 Å². The molecule has 4 nitrogen and oxygen atoms in total. The second-order valence-electron chi connectivity index (χ2n) is 11.0. The average molecular weight is 531 g/mol. The highest BCUT2D eigenvalue weighted by Gasteiger charge is 2.31. The van der Waals surface area contributed by atoms with E-state index in [1.54, 1.807) is 48.5 Å². The van der Waals surface area contributed by atoms with Gasteiger partial charge in [-0.25, -0.2) is 8.42 Å². The molecule has 0 saturated heterocycles. The zero-order valence-corrected chi connectivity index (χ0v) is 24.2. The number of hydrogen-bond acceptors (Lipinski definition) is 4. The molecule has 3 aromatic carbocycles. The first-order valence-electron chi connectivity index (χ1n) is 13.2. The Hall–Kier alpha value is -3.31. The third kappa shape index (κ3) is 5.88. The molecule has 38 heavy (non-hydrogen) atoms. The van der Waals surface area contributed by atoms with Crippen molar-refractivity contribution >= 4 is 9.84 Å². The molecule has 0 radical (unpaired) electrons. The summed E-state index contributed by atoms with van der Waals surface area (Å²) < 4.78 is 37.8. The van der Waals surface area contributed by atoms with E-state index in [1.807, 2.05) is 26.0 Å². The van der Waals surface area contributed by atoms with Crippen LogP contribution in [-0.4, -0.2) is 14.5 Å². The monoisotopic (exact) mass is 530 g/mol. The first-order valence-corrected chi connectivity index (χ1v) is 14.7. The van der Waals surface area contributed by atoms with Crippen LogP contribution in [0.4, 0.5) is 0 Å². The Labute approximate surface area is 227 Å². The van der Waals surface area contributed by atoms with Gasteiger partial charge in [0.25, 0.3) is 0 Å². The van der Waals surface area contributed by atoms with E-state index in [1.165, 1.54) is 16.7 Å². The first-order chi connectivity index (χ1) is 17.9. The first kappa shape index (κ1) is 27.7. The number of sulfone groups is 1. The van der Waals surface area contributed by atoms with Crippen LogP contribution in [-0.2, 0) is 15.3 Å². The molecule has 2 atom stereocenters. The smallest absolute Gasteiger partial charge is 0.206 e. The minimum atomic E-state index is -3.64. The van der Waals surface area contributed by atoms with Crippen LogP contribution in [0.3, 0.4) is 0 Å². The summed E-state index contributed by atoms with van der Waals surface area (Å²) in [6, 6.07) is 21.2. The summed E-state index contributed by atoms with van der Waals surface area (Å²) in [5.41, 5.74) is 3.99. The zero-order chi connectivity index (χ0) is 27.7. The van der Waals surface area contributed by atoms with Gasteiger partial charge in [0.1, 0.15) is 17.2 Å². The summed E-state index contributed by atoms with van der Waals surface area (Å²) in [5.74, 6) is 2.78. The van der Waals surface area contributed by atoms with Crippen molar-refractivity contribution in [3.8, 4) is 17.2 Å². The second kappa shape index (κ2) is 10.8. The largest absolute Gasteiger partial charge is 0.491 e. The van der Waals surface area contributed by atoms with Crippen molar-refractivity contribution < 1.29 is 17.9 Å². The van der Waals surface area contributed by atoms with Gasteiger partial charge in [0.15, 0.2) is 0 Å². The van der Waals surface area contributed by atoms with E-state index in [4.69, 9.17) is 9.47 Å². The van der Waals surface area contributed by atoms with Gasteiger partial charge in [0, 0.05) is 5.41 Å². The van der Waals surface area contributed by atoms with Gasteiger partial charge in [-0.1, -0.05) is 63.1 Å². The molecule has 1 aliphatic rings. The molecular weight excluding hydrogens is 492 g/mol. The molecule has 0 amide bonds. The van der Waals surface area contributed by atoms with Crippen molar-refractivity contribution in [2.45, 2.75) is 69.8 Å². The van der Waals surface area contributed by atoms with Gasteiger partial charge in [-0.2, -0.15) is 0 Å². The van der Waals surface area contributed by atoms with E-state index < -0.39 is 9.84 Å². The predicted octanol–water partition coefficient (Wildman–Crippen LogP) is 8.54. The van der Waals surface area contributed by atoms with Gasteiger partial charge < -0.3 is 9.47 Å². The highest BCUT2D eigenvalue weighted by Crippen LogP contribution is 2.41. The number of allylic oxidation sites excluding steroid dienone is 4. The predicted molar refractivity (Wildman–Crippen MR) is 154 cm³/mol. The van der Waals surface area contributed by atoms with Crippen LogP contribution >= 0.6 is 0 Å². The van der Waals surface area contributed by atoms with E-state index in [-0.39, 0.29) is 21.3 Å². The van der Waals surface area contributed by atoms with Crippen LogP contribution < -0.4 is 9.47 Å². The van der Waals surface area contributed by atoms with Crippen molar-refractivity contribution in [3.05, 3.63) is 102 Å². The van der Waals surface area contributed by atoms with Gasteiger partial charge >= 0.3 is 0 Å². The topological polar surface area (TPSA) is 52.6 Å². The Morgan fingerprint density at radius 2 is 1.18 bits per heavy atom. The number of hydrogen-bond donors (Lipinski definition) is 0. The fraction of sp³-hybridized carbons (Fsp3) is 0.333. The van der Waals surface area contributed by atoms with E-state index >= 15 is 0 Å². The summed E-state index contributed by atoms with van der Waals surface area (Å²) in [4.78, 5) is 0.441. The van der Waals surface area contributed by atoms with Crippen LogP contribution in [0.25, 0.3) is 0 Å². The lowest BCUT2D eigenvalue weighted by Gasteiger charge is -2.35. The van der Waals surface area contributed by atoms with Gasteiger partial charge in [0.2, 0.25) is 9.84 Å². The third-order valence-electron chi connectivity index (χ3n) is 7.32. The van der Waals surface area contributed by atoms with Gasteiger partial charge in [-0.3, -0.25) is 0 Å². The minimum Gasteiger partial charge on any atom is -0.491 e. The fourth-order valence-electron chi connectivity index (χ4n) is 5.00. The van der Waals surface area contributed by atoms with Crippen molar-refractivity contribution in [3.63, 3.8) is 0 Å². The van der Waals surface area contributed by atoms with Crippen LogP contribution in [0, 0.1) is 11.8 Å². The molecule has 200 valence electrons. The molecule has 1 aliphatic carbocycles. The van der Waals surface area contributed by atoms with E-state index in [0.29, 0.717) is 29.1 Å². The lowest BCUT2D eigenvalue weighted by atomic mass is 9.69. The van der Waals surface area contributed by atoms with E-state index in [9.17, 15) is 8.42 Å². The maximum absolute atomic E-state index is 13.1. The minimum absolute atomic E-state index is 0.0243. The van der Waals surface area contributed by atoms with Gasteiger partial charge in [-0.15, -0.1) is 0 Å². The maximum Gasteiger partial charge on any atom is 0.206 e. The lowest BCUT2D eigenvalue weighted by molar-refractivity contribution is 0.242. The summed E-state index contributed by atoms with van der Waals surface area (Å²) >= 11 is 0. The number of benzene rings is 3. The Balaban J connectivity index is 1.46. The van der Waals surface area contributed by atoms with Gasteiger partial charge in [0.05, 0.1) is 15.9 Å². The molecule has 0 heterocycles. The Morgan fingerprint density at radius 3 is 1.68 bits per heavy atom. The Bertz CT molecular complexity index is 1430. The van der Waals surface area contributed by atoms with Crippen molar-refractivity contribution in [1.82, 2.24) is 0 Å². The zero-order valence-electron chi connectivity index (χ0n) is 23.4. The average Bonchev–Trinajstić information content (AvgIpc) is 2.87. The molecule has 0 fully saturated rings. The van der Waals surface area contributed by atoms with Crippen LogP contribution in [0.15, 0.2) is 106 Å². The number of rotatable bonds is 8. The number of ether oxygens (including phenoxy) is 2. The van der Waals surface area contributed by atoms with Crippen LogP contribution in [0.1, 0.15) is 54.0 Å². The molecule has 0 aromatic heterocycles. The molecule has 3 aromatic rings. The molecule has 0 saturated carbocycles. The molecule has 5 heteroatoms. The molecular formula is C33H38O4S. The quantitative estimate of drug-likeness (QED) is 0.274.